The summed E-state index contributed by atoms with van der Waals surface area (Å²) >= 11 is 0. The Bertz CT molecular complexity index is 95.1. The molecule has 1 N–H and O–H groups in total. The van der Waals surface area contributed by atoms with E-state index in [1.54, 1.807) is 0 Å². The third-order valence-corrected chi connectivity index (χ3v) is 1.98. The number of nitrogens with one attached hydrogen (secondary N) is 1. The Kier molecular flexibility index (Phi) is 1.44. The van der Waals surface area contributed by atoms with Crippen molar-refractivity contribution in [3.05, 3.63) is 0 Å². The summed E-state index contributed by atoms with van der Waals surface area (Å²) in [5, 5.41) is 3.53. The molecule has 0 spiro atoms. The molecule has 1 aliphatic carbocycles. The van der Waals surface area contributed by atoms with Crippen LogP contribution in [0, 0.1) is 0 Å². The summed E-state index contributed by atoms with van der Waals surface area (Å²) in [4.78, 5) is 0. The summed E-state index contributed by atoms with van der Waals surface area (Å²) in [6.07, 6.45) is 3.99. The third kappa shape index (κ3) is 1.43. The van der Waals surface area contributed by atoms with Crippen LogP contribution in [0.15, 0.2) is 0 Å². The molecule has 0 aromatic rings. The lowest BCUT2D eigenvalue weighted by molar-refractivity contribution is 0.189. The molecular weight excluding hydrogens is 114 g/mol. The zero-order valence-electron chi connectivity index (χ0n) is 5.60. The van der Waals surface area contributed by atoms with Gasteiger partial charge in [-0.3, -0.25) is 0 Å². The molecule has 2 fully saturated rings. The van der Waals surface area contributed by atoms with E-state index >= 15 is 0 Å². The number of ether oxygens (including phenoxy) is 1. The van der Waals surface area contributed by atoms with Gasteiger partial charge in [-0.25, -0.2) is 0 Å². The Morgan fingerprint density at radius 1 is 1.11 bits per heavy atom. The highest BCUT2D eigenvalue weighted by atomic mass is 16.5. The van der Waals surface area contributed by atoms with Crippen LogP contribution in [0.1, 0.15) is 19.3 Å². The van der Waals surface area contributed by atoms with E-state index in [9.17, 15) is 0 Å². The lowest BCUT2D eigenvalue weighted by atomic mass is 10.2. The predicted molar refractivity (Wildman–Crippen MR) is 35.4 cm³/mol. The molecule has 1 saturated carbocycles. The van der Waals surface area contributed by atoms with Crippen molar-refractivity contribution in [1.29, 1.82) is 0 Å². The highest BCUT2D eigenvalue weighted by molar-refractivity contribution is 4.85. The van der Waals surface area contributed by atoms with Crippen molar-refractivity contribution >= 4 is 0 Å². The second kappa shape index (κ2) is 2.27. The van der Waals surface area contributed by atoms with Crippen molar-refractivity contribution in [1.82, 2.24) is 5.32 Å². The van der Waals surface area contributed by atoms with Gasteiger partial charge in [0, 0.05) is 18.7 Å². The van der Waals surface area contributed by atoms with Crippen LogP contribution in [0.3, 0.4) is 0 Å². The van der Waals surface area contributed by atoms with Crippen molar-refractivity contribution in [3.63, 3.8) is 0 Å². The summed E-state index contributed by atoms with van der Waals surface area (Å²) in [6, 6.07) is 1.52. The minimum Gasteiger partial charge on any atom is -0.380 e. The zero-order chi connectivity index (χ0) is 6.10. The average molecular weight is 127 g/mol. The topological polar surface area (TPSA) is 21.3 Å². The summed E-state index contributed by atoms with van der Waals surface area (Å²) in [6.45, 7) is 1.90. The van der Waals surface area contributed by atoms with E-state index in [1.807, 2.05) is 0 Å². The van der Waals surface area contributed by atoms with Gasteiger partial charge in [0.05, 0.1) is 6.61 Å². The Hall–Kier alpha value is -0.0800. The van der Waals surface area contributed by atoms with E-state index in [1.165, 1.54) is 19.3 Å². The second-order valence-corrected chi connectivity index (χ2v) is 3.00. The Morgan fingerprint density at radius 2 is 2.00 bits per heavy atom. The lowest BCUT2D eigenvalue weighted by Crippen LogP contribution is -2.30. The quantitative estimate of drug-likeness (QED) is 0.584. The van der Waals surface area contributed by atoms with Gasteiger partial charge in [-0.1, -0.05) is 0 Å². The van der Waals surface area contributed by atoms with Gasteiger partial charge in [0.25, 0.3) is 0 Å². The molecule has 52 valence electrons. The maximum Gasteiger partial charge on any atom is 0.0620 e. The number of hydrogen-bond donors (Lipinski definition) is 1. The predicted octanol–water partition coefficient (Wildman–Crippen LogP) is 0.527. The molecule has 0 unspecified atom stereocenters. The van der Waals surface area contributed by atoms with E-state index in [4.69, 9.17) is 4.74 Å². The SMILES string of the molecule is C1C[C@@H](NC2CC2)CO1. The van der Waals surface area contributed by atoms with E-state index < -0.39 is 0 Å². The molecule has 1 atom stereocenters. The molecule has 9 heavy (non-hydrogen) atoms. The molecule has 0 bridgehead atoms. The Labute approximate surface area is 55.6 Å². The van der Waals surface area contributed by atoms with Gasteiger partial charge in [-0.2, -0.15) is 0 Å². The van der Waals surface area contributed by atoms with E-state index in [0.29, 0.717) is 6.04 Å². The van der Waals surface area contributed by atoms with Gasteiger partial charge in [0.2, 0.25) is 0 Å². The maximum absolute atomic E-state index is 5.22. The van der Waals surface area contributed by atoms with Crippen LogP contribution in [0.25, 0.3) is 0 Å². The summed E-state index contributed by atoms with van der Waals surface area (Å²) < 4.78 is 5.22. The Morgan fingerprint density at radius 3 is 2.56 bits per heavy atom. The smallest absolute Gasteiger partial charge is 0.0620 e. The van der Waals surface area contributed by atoms with E-state index in [2.05, 4.69) is 5.32 Å². The van der Waals surface area contributed by atoms with Gasteiger partial charge in [0.15, 0.2) is 0 Å². The molecule has 0 aromatic heterocycles. The second-order valence-electron chi connectivity index (χ2n) is 3.00. The largest absolute Gasteiger partial charge is 0.380 e. The molecule has 1 aliphatic heterocycles. The molecule has 2 rings (SSSR count). The summed E-state index contributed by atoms with van der Waals surface area (Å²) in [5.74, 6) is 0. The van der Waals surface area contributed by atoms with Gasteiger partial charge in [-0.15, -0.1) is 0 Å². The Balaban J connectivity index is 1.70. The van der Waals surface area contributed by atoms with Crippen LogP contribution in [-0.2, 0) is 4.74 Å². The van der Waals surface area contributed by atoms with Crippen LogP contribution in [-0.4, -0.2) is 25.3 Å². The first-order valence-corrected chi connectivity index (χ1v) is 3.79. The first-order chi connectivity index (χ1) is 4.45. The number of rotatable bonds is 2. The normalized spacial score (nSPS) is 35.3. The van der Waals surface area contributed by atoms with E-state index in [-0.39, 0.29) is 0 Å². The van der Waals surface area contributed by atoms with Crippen LogP contribution in [0.2, 0.25) is 0 Å². The van der Waals surface area contributed by atoms with Crippen molar-refractivity contribution in [2.45, 2.75) is 31.3 Å². The fraction of sp³-hybridized carbons (Fsp3) is 1.00. The minimum absolute atomic E-state index is 0.678. The maximum atomic E-state index is 5.22. The fourth-order valence-corrected chi connectivity index (χ4v) is 1.25. The lowest BCUT2D eigenvalue weighted by Gasteiger charge is -2.07. The van der Waals surface area contributed by atoms with Crippen LogP contribution >= 0.6 is 0 Å². The van der Waals surface area contributed by atoms with E-state index in [0.717, 1.165) is 19.3 Å². The zero-order valence-corrected chi connectivity index (χ0v) is 5.60. The molecular formula is C7H13NO. The van der Waals surface area contributed by atoms with Crippen LogP contribution < -0.4 is 5.32 Å². The molecule has 2 nitrogen and oxygen atoms in total. The van der Waals surface area contributed by atoms with Crippen molar-refractivity contribution in [2.24, 2.45) is 0 Å². The summed E-state index contributed by atoms with van der Waals surface area (Å²) in [7, 11) is 0. The van der Waals surface area contributed by atoms with Crippen molar-refractivity contribution in [3.8, 4) is 0 Å². The van der Waals surface area contributed by atoms with Crippen molar-refractivity contribution in [2.75, 3.05) is 13.2 Å². The highest BCUT2D eigenvalue weighted by Crippen LogP contribution is 2.20. The van der Waals surface area contributed by atoms with Gasteiger partial charge >= 0.3 is 0 Å². The summed E-state index contributed by atoms with van der Waals surface area (Å²) in [5.41, 5.74) is 0. The van der Waals surface area contributed by atoms with Gasteiger partial charge in [0.1, 0.15) is 0 Å². The molecule has 0 aromatic carbocycles. The fourth-order valence-electron chi connectivity index (χ4n) is 1.25. The number of hydrogen-bond acceptors (Lipinski definition) is 2. The van der Waals surface area contributed by atoms with Gasteiger partial charge < -0.3 is 10.1 Å². The monoisotopic (exact) mass is 127 g/mol. The molecule has 2 aliphatic rings. The molecule has 2 heteroatoms. The molecule has 1 saturated heterocycles. The highest BCUT2D eigenvalue weighted by Gasteiger charge is 2.26. The van der Waals surface area contributed by atoms with Crippen LogP contribution in [0.5, 0.6) is 0 Å². The van der Waals surface area contributed by atoms with Gasteiger partial charge in [-0.05, 0) is 19.3 Å². The molecule has 1 heterocycles. The molecule has 0 radical (unpaired) electrons. The average Bonchev–Trinajstić information content (AvgIpc) is 2.46. The third-order valence-electron chi connectivity index (χ3n) is 1.98. The standard InChI is InChI=1S/C7H13NO/c1-2-6(1)8-7-3-4-9-5-7/h6-8H,1-5H2/t7-/m1/s1. The first-order valence-electron chi connectivity index (χ1n) is 3.79. The van der Waals surface area contributed by atoms with Crippen LogP contribution in [0.4, 0.5) is 0 Å². The molecule has 0 amide bonds. The minimum atomic E-state index is 0.678. The first kappa shape index (κ1) is 5.69. The van der Waals surface area contributed by atoms with Crippen molar-refractivity contribution < 1.29 is 4.74 Å².